The SMILES string of the molecule is COc1cc(NC(=O)c2cc3c(=O)n(C)c(=O)n(C)c3s2)cc(OC)c1OC. The number of carbonyl (C=O) groups is 1. The molecular formula is C18H19N3O6S. The Labute approximate surface area is 163 Å². The number of ether oxygens (including phenoxy) is 3. The van der Waals surface area contributed by atoms with E-state index in [9.17, 15) is 14.4 Å². The molecule has 0 saturated carbocycles. The van der Waals surface area contributed by atoms with Gasteiger partial charge >= 0.3 is 5.69 Å². The zero-order chi connectivity index (χ0) is 20.6. The van der Waals surface area contributed by atoms with Crippen LogP contribution in [-0.4, -0.2) is 36.4 Å². The number of anilines is 1. The molecule has 0 aliphatic carbocycles. The van der Waals surface area contributed by atoms with Gasteiger partial charge in [-0.1, -0.05) is 0 Å². The second kappa shape index (κ2) is 7.39. The van der Waals surface area contributed by atoms with Crippen LogP contribution in [0.4, 0.5) is 5.69 Å². The average molecular weight is 405 g/mol. The summed E-state index contributed by atoms with van der Waals surface area (Å²) in [6.07, 6.45) is 0. The van der Waals surface area contributed by atoms with Crippen molar-refractivity contribution < 1.29 is 19.0 Å². The van der Waals surface area contributed by atoms with Crippen molar-refractivity contribution in [2.24, 2.45) is 14.1 Å². The van der Waals surface area contributed by atoms with Crippen LogP contribution in [0.15, 0.2) is 27.8 Å². The number of thiophene rings is 1. The molecule has 9 nitrogen and oxygen atoms in total. The minimum Gasteiger partial charge on any atom is -0.493 e. The first-order chi connectivity index (χ1) is 13.3. The average Bonchev–Trinajstić information content (AvgIpc) is 3.15. The molecule has 1 N–H and O–H groups in total. The molecule has 0 fully saturated rings. The fourth-order valence-electron chi connectivity index (χ4n) is 2.82. The molecule has 0 atom stereocenters. The summed E-state index contributed by atoms with van der Waals surface area (Å²) >= 11 is 1.07. The van der Waals surface area contributed by atoms with Gasteiger partial charge in [0.15, 0.2) is 11.5 Å². The van der Waals surface area contributed by atoms with Crippen LogP contribution in [-0.2, 0) is 14.1 Å². The van der Waals surface area contributed by atoms with Crippen molar-refractivity contribution in [2.45, 2.75) is 0 Å². The Hall–Kier alpha value is -3.27. The highest BCUT2D eigenvalue weighted by Crippen LogP contribution is 2.40. The fraction of sp³-hybridized carbons (Fsp3) is 0.278. The van der Waals surface area contributed by atoms with E-state index < -0.39 is 17.2 Å². The summed E-state index contributed by atoms with van der Waals surface area (Å²) in [4.78, 5) is 37.8. The van der Waals surface area contributed by atoms with Gasteiger partial charge in [-0.25, -0.2) is 4.79 Å². The molecule has 3 aromatic rings. The maximum absolute atomic E-state index is 12.7. The van der Waals surface area contributed by atoms with Crippen molar-refractivity contribution in [2.75, 3.05) is 26.6 Å². The lowest BCUT2D eigenvalue weighted by Crippen LogP contribution is -2.36. The van der Waals surface area contributed by atoms with E-state index in [1.807, 2.05) is 0 Å². The van der Waals surface area contributed by atoms with Crippen LogP contribution in [0.5, 0.6) is 17.2 Å². The molecule has 2 heterocycles. The van der Waals surface area contributed by atoms with Gasteiger partial charge in [0.1, 0.15) is 4.83 Å². The molecule has 0 bridgehead atoms. The largest absolute Gasteiger partial charge is 0.493 e. The van der Waals surface area contributed by atoms with E-state index >= 15 is 0 Å². The molecule has 0 aliphatic rings. The van der Waals surface area contributed by atoms with Crippen molar-refractivity contribution in [3.05, 3.63) is 43.9 Å². The standard InChI is InChI=1S/C18H19N3O6S/c1-20-16(23)10-8-13(28-17(10)21(2)18(20)24)15(22)19-9-6-11(25-3)14(27-5)12(7-9)26-4/h6-8H,1-5H3,(H,19,22). The van der Waals surface area contributed by atoms with Gasteiger partial charge in [0, 0.05) is 31.9 Å². The van der Waals surface area contributed by atoms with Crippen molar-refractivity contribution in [3.63, 3.8) is 0 Å². The van der Waals surface area contributed by atoms with Crippen LogP contribution in [0.25, 0.3) is 10.2 Å². The quantitative estimate of drug-likeness (QED) is 0.692. The number of carbonyl (C=O) groups excluding carboxylic acids is 1. The summed E-state index contributed by atoms with van der Waals surface area (Å²) in [7, 11) is 7.40. The van der Waals surface area contributed by atoms with Crippen molar-refractivity contribution in [1.82, 2.24) is 9.13 Å². The smallest absolute Gasteiger partial charge is 0.331 e. The molecule has 0 aliphatic heterocycles. The van der Waals surface area contributed by atoms with Gasteiger partial charge in [-0.15, -0.1) is 11.3 Å². The fourth-order valence-corrected chi connectivity index (χ4v) is 3.82. The van der Waals surface area contributed by atoms with E-state index in [2.05, 4.69) is 5.32 Å². The molecule has 0 spiro atoms. The number of hydrogen-bond acceptors (Lipinski definition) is 7. The van der Waals surface area contributed by atoms with Gasteiger partial charge in [0.25, 0.3) is 11.5 Å². The Balaban J connectivity index is 2.02. The second-order valence-corrected chi connectivity index (χ2v) is 6.93. The molecule has 2 aromatic heterocycles. The van der Waals surface area contributed by atoms with Gasteiger partial charge in [0.05, 0.1) is 31.6 Å². The van der Waals surface area contributed by atoms with E-state index in [4.69, 9.17) is 14.2 Å². The molecule has 3 rings (SSSR count). The topological polar surface area (TPSA) is 101 Å². The highest BCUT2D eigenvalue weighted by molar-refractivity contribution is 7.20. The summed E-state index contributed by atoms with van der Waals surface area (Å²) in [6, 6.07) is 4.68. The number of amides is 1. The van der Waals surface area contributed by atoms with Gasteiger partial charge in [-0.2, -0.15) is 0 Å². The molecule has 148 valence electrons. The van der Waals surface area contributed by atoms with Crippen LogP contribution in [0.3, 0.4) is 0 Å². The number of methoxy groups -OCH3 is 3. The molecule has 10 heteroatoms. The number of aromatic nitrogens is 2. The van der Waals surface area contributed by atoms with E-state index in [0.717, 1.165) is 15.9 Å². The molecule has 0 unspecified atom stereocenters. The number of hydrogen-bond donors (Lipinski definition) is 1. The van der Waals surface area contributed by atoms with Gasteiger partial charge < -0.3 is 19.5 Å². The van der Waals surface area contributed by atoms with Crippen molar-refractivity contribution in [3.8, 4) is 17.2 Å². The molecule has 0 saturated heterocycles. The highest BCUT2D eigenvalue weighted by atomic mass is 32.1. The molecule has 1 aromatic carbocycles. The van der Waals surface area contributed by atoms with E-state index in [0.29, 0.717) is 38.0 Å². The number of benzene rings is 1. The summed E-state index contributed by atoms with van der Waals surface area (Å²) < 4.78 is 18.2. The van der Waals surface area contributed by atoms with E-state index in [-0.39, 0.29) is 0 Å². The van der Waals surface area contributed by atoms with Crippen LogP contribution < -0.4 is 30.8 Å². The summed E-state index contributed by atoms with van der Waals surface area (Å²) in [6.45, 7) is 0. The minimum absolute atomic E-state index is 0.294. The van der Waals surface area contributed by atoms with Crippen LogP contribution >= 0.6 is 11.3 Å². The predicted octanol–water partition coefficient (Wildman–Crippen LogP) is 1.58. The van der Waals surface area contributed by atoms with Crippen LogP contribution in [0.1, 0.15) is 9.67 Å². The molecule has 0 radical (unpaired) electrons. The Morgan fingerprint density at radius 2 is 1.57 bits per heavy atom. The summed E-state index contributed by atoms with van der Waals surface area (Å²) in [5.41, 5.74) is -0.462. The number of nitrogens with zero attached hydrogens (tertiary/aromatic N) is 2. The van der Waals surface area contributed by atoms with Crippen LogP contribution in [0, 0.1) is 0 Å². The third kappa shape index (κ3) is 3.11. The first-order valence-electron chi connectivity index (χ1n) is 8.13. The lowest BCUT2D eigenvalue weighted by Gasteiger charge is -2.14. The maximum Gasteiger partial charge on any atom is 0.331 e. The maximum atomic E-state index is 12.7. The van der Waals surface area contributed by atoms with Crippen molar-refractivity contribution in [1.29, 1.82) is 0 Å². The highest BCUT2D eigenvalue weighted by Gasteiger charge is 2.19. The molecule has 1 amide bonds. The summed E-state index contributed by atoms with van der Waals surface area (Å²) in [5, 5.41) is 3.06. The van der Waals surface area contributed by atoms with Gasteiger partial charge in [-0.3, -0.25) is 18.7 Å². The number of nitrogens with one attached hydrogen (secondary N) is 1. The Kier molecular flexibility index (Phi) is 5.14. The lowest BCUT2D eigenvalue weighted by atomic mass is 10.2. The lowest BCUT2D eigenvalue weighted by molar-refractivity contribution is 0.103. The molecular weight excluding hydrogens is 386 g/mol. The number of aryl methyl sites for hydroxylation is 1. The predicted molar refractivity (Wildman–Crippen MR) is 106 cm³/mol. The van der Waals surface area contributed by atoms with Crippen LogP contribution in [0.2, 0.25) is 0 Å². The van der Waals surface area contributed by atoms with Gasteiger partial charge in [-0.05, 0) is 6.07 Å². The van der Waals surface area contributed by atoms with Crippen molar-refractivity contribution >= 4 is 33.1 Å². The normalized spacial score (nSPS) is 10.8. The number of fused-ring (bicyclic) bond motifs is 1. The number of rotatable bonds is 5. The summed E-state index contributed by atoms with van der Waals surface area (Å²) in [5.74, 6) is 0.767. The third-order valence-electron chi connectivity index (χ3n) is 4.27. The first-order valence-corrected chi connectivity index (χ1v) is 8.95. The Morgan fingerprint density at radius 1 is 0.964 bits per heavy atom. The minimum atomic E-state index is -0.448. The third-order valence-corrected chi connectivity index (χ3v) is 5.48. The van der Waals surface area contributed by atoms with E-state index in [1.54, 1.807) is 19.2 Å². The zero-order valence-electron chi connectivity index (χ0n) is 16.0. The monoisotopic (exact) mass is 405 g/mol. The first kappa shape index (κ1) is 19.5. The second-order valence-electron chi connectivity index (χ2n) is 5.90. The Morgan fingerprint density at radius 3 is 2.11 bits per heavy atom. The Bertz CT molecular complexity index is 1170. The van der Waals surface area contributed by atoms with Gasteiger partial charge in [0.2, 0.25) is 5.75 Å². The molecule has 28 heavy (non-hydrogen) atoms. The zero-order valence-corrected chi connectivity index (χ0v) is 16.8. The van der Waals surface area contributed by atoms with E-state index in [1.165, 1.54) is 39.0 Å².